The Labute approximate surface area is 235 Å². The van der Waals surface area contributed by atoms with Crippen LogP contribution in [0.3, 0.4) is 0 Å². The van der Waals surface area contributed by atoms with E-state index in [0.29, 0.717) is 32.4 Å². The van der Waals surface area contributed by atoms with Crippen molar-refractivity contribution in [2.45, 2.75) is 46.5 Å². The van der Waals surface area contributed by atoms with E-state index in [1.807, 2.05) is 68.5 Å². The summed E-state index contributed by atoms with van der Waals surface area (Å²) in [5, 5.41) is 2.34. The molecule has 0 heterocycles. The smallest absolute Gasteiger partial charge is 0.264 e. The molecule has 0 saturated heterocycles. The van der Waals surface area contributed by atoms with Crippen LogP contribution < -0.4 is 4.90 Å². The van der Waals surface area contributed by atoms with Gasteiger partial charge in [0.05, 0.1) is 5.75 Å². The maximum atomic E-state index is 11.1. The standard InChI is InChI=1S/C30H40N2O5S2/c1-25(31-21-11-13-23-38(33)34)15-7-5-4-6-8-16-26(2)32(22-12-14-24-39(35,36)37)30-20-19-28-17-9-10-18-29(28)27(30)3/h4-10,15-20,38H,11-14,21-24H2,1-3H3,(H,35,36,37)/b5-4+,8-6+,15-7+,26-16+,31-25-. The molecule has 0 unspecified atom stereocenters. The lowest BCUT2D eigenvalue weighted by Gasteiger charge is -2.28. The summed E-state index contributed by atoms with van der Waals surface area (Å²) in [6, 6.07) is 12.4. The van der Waals surface area contributed by atoms with Gasteiger partial charge in [0.2, 0.25) is 0 Å². The number of unbranched alkanes of at least 4 members (excludes halogenated alkanes) is 2. The number of thiol groups is 1. The lowest BCUT2D eigenvalue weighted by molar-refractivity contribution is 0.480. The monoisotopic (exact) mass is 572 g/mol. The summed E-state index contributed by atoms with van der Waals surface area (Å²) in [7, 11) is -6.27. The molecule has 0 aliphatic heterocycles. The van der Waals surface area contributed by atoms with Crippen LogP contribution in [0.1, 0.15) is 45.1 Å². The number of rotatable bonds is 16. The third-order valence-corrected chi connectivity index (χ3v) is 7.64. The van der Waals surface area contributed by atoms with Gasteiger partial charge in [-0.3, -0.25) is 9.55 Å². The van der Waals surface area contributed by atoms with E-state index in [1.54, 1.807) is 0 Å². The molecule has 212 valence electrons. The second kappa shape index (κ2) is 16.8. The molecular formula is C30H40N2O5S2. The minimum atomic E-state index is -3.97. The largest absolute Gasteiger partial charge is 0.345 e. The van der Waals surface area contributed by atoms with E-state index in [-0.39, 0.29) is 11.5 Å². The first kappa shape index (κ1) is 32.2. The number of allylic oxidation sites excluding steroid dienone is 8. The number of nitrogens with zero attached hydrogens (tertiary/aromatic N) is 2. The van der Waals surface area contributed by atoms with E-state index in [1.165, 1.54) is 10.8 Å². The summed E-state index contributed by atoms with van der Waals surface area (Å²) in [6.07, 6.45) is 16.0. The van der Waals surface area contributed by atoms with E-state index >= 15 is 0 Å². The van der Waals surface area contributed by atoms with Crippen molar-refractivity contribution in [3.8, 4) is 0 Å². The zero-order valence-electron chi connectivity index (χ0n) is 23.0. The summed E-state index contributed by atoms with van der Waals surface area (Å²) in [4.78, 5) is 6.60. The van der Waals surface area contributed by atoms with Gasteiger partial charge in [-0.05, 0) is 81.0 Å². The predicted molar refractivity (Wildman–Crippen MR) is 165 cm³/mol. The molecule has 0 amide bonds. The SMILES string of the molecule is CC(/C=C/C=C/C=C/C=C(\C)N(CCCCS(=O)(=O)O)c1ccc2ccccc2c1C)=N/CCCC[SH](=O)=O. The van der Waals surface area contributed by atoms with Gasteiger partial charge >= 0.3 is 0 Å². The molecule has 0 atom stereocenters. The van der Waals surface area contributed by atoms with Gasteiger partial charge < -0.3 is 4.90 Å². The van der Waals surface area contributed by atoms with Crippen LogP contribution in [-0.4, -0.2) is 51.7 Å². The van der Waals surface area contributed by atoms with Crippen LogP contribution in [0.4, 0.5) is 5.69 Å². The topological polar surface area (TPSA) is 104 Å². The molecule has 7 nitrogen and oxygen atoms in total. The molecule has 2 rings (SSSR count). The van der Waals surface area contributed by atoms with Gasteiger partial charge in [0.1, 0.15) is 10.7 Å². The quantitative estimate of drug-likeness (QED) is 0.0835. The van der Waals surface area contributed by atoms with E-state index in [9.17, 15) is 16.8 Å². The summed E-state index contributed by atoms with van der Waals surface area (Å²) >= 11 is 0. The number of benzene rings is 2. The predicted octanol–water partition coefficient (Wildman–Crippen LogP) is 6.05. The Morgan fingerprint density at radius 1 is 0.949 bits per heavy atom. The fraction of sp³-hybridized carbons (Fsp3) is 0.367. The minimum absolute atomic E-state index is 0.219. The molecule has 9 heteroatoms. The second-order valence-electron chi connectivity index (χ2n) is 9.30. The van der Waals surface area contributed by atoms with Gasteiger partial charge in [-0.2, -0.15) is 8.42 Å². The second-order valence-corrected chi connectivity index (χ2v) is 12.0. The van der Waals surface area contributed by atoms with Crippen molar-refractivity contribution in [1.29, 1.82) is 0 Å². The summed E-state index contributed by atoms with van der Waals surface area (Å²) < 4.78 is 52.5. The van der Waals surface area contributed by atoms with E-state index in [2.05, 4.69) is 41.1 Å². The number of aliphatic imine (C=N–C) groups is 1. The van der Waals surface area contributed by atoms with Crippen molar-refractivity contribution < 1.29 is 21.4 Å². The molecule has 2 aromatic carbocycles. The van der Waals surface area contributed by atoms with Crippen molar-refractivity contribution in [1.82, 2.24) is 0 Å². The molecule has 0 radical (unpaired) electrons. The molecule has 0 saturated carbocycles. The van der Waals surface area contributed by atoms with Crippen LogP contribution >= 0.6 is 0 Å². The summed E-state index contributed by atoms with van der Waals surface area (Å²) in [5.41, 5.74) is 4.13. The van der Waals surface area contributed by atoms with Crippen molar-refractivity contribution in [2.75, 3.05) is 29.5 Å². The van der Waals surface area contributed by atoms with Crippen molar-refractivity contribution in [2.24, 2.45) is 4.99 Å². The fourth-order valence-electron chi connectivity index (χ4n) is 4.08. The highest BCUT2D eigenvalue weighted by Gasteiger charge is 2.13. The Kier molecular flexibility index (Phi) is 13.9. The molecule has 1 N–H and O–H groups in total. The fourth-order valence-corrected chi connectivity index (χ4v) is 5.13. The van der Waals surface area contributed by atoms with E-state index < -0.39 is 20.8 Å². The first-order valence-electron chi connectivity index (χ1n) is 13.1. The van der Waals surface area contributed by atoms with E-state index in [4.69, 9.17) is 4.55 Å². The van der Waals surface area contributed by atoms with Crippen molar-refractivity contribution in [3.05, 3.63) is 90.2 Å². The van der Waals surface area contributed by atoms with Gasteiger partial charge in [0.15, 0.2) is 0 Å². The Morgan fingerprint density at radius 3 is 2.41 bits per heavy atom. The van der Waals surface area contributed by atoms with Crippen LogP contribution in [0.25, 0.3) is 10.8 Å². The van der Waals surface area contributed by atoms with Gasteiger partial charge in [-0.1, -0.05) is 60.7 Å². The molecule has 39 heavy (non-hydrogen) atoms. The third kappa shape index (κ3) is 12.6. The average molecular weight is 573 g/mol. The van der Waals surface area contributed by atoms with Crippen molar-refractivity contribution >= 4 is 43.0 Å². The molecule has 0 aliphatic carbocycles. The number of aryl methyl sites for hydroxylation is 1. The van der Waals surface area contributed by atoms with Crippen molar-refractivity contribution in [3.63, 3.8) is 0 Å². The summed E-state index contributed by atoms with van der Waals surface area (Å²) in [6.45, 7) is 7.29. The summed E-state index contributed by atoms with van der Waals surface area (Å²) in [5.74, 6) is -0.0248. The first-order valence-corrected chi connectivity index (χ1v) is 16.1. The van der Waals surface area contributed by atoms with Crippen LogP contribution in [-0.2, 0) is 20.8 Å². The minimum Gasteiger partial charge on any atom is -0.345 e. The Bertz CT molecular complexity index is 1410. The molecule has 0 aromatic heterocycles. The number of hydrogen-bond donors (Lipinski definition) is 2. The normalized spacial score (nSPS) is 13.6. The number of fused-ring (bicyclic) bond motifs is 1. The van der Waals surface area contributed by atoms with Gasteiger partial charge in [0, 0.05) is 35.9 Å². The zero-order valence-corrected chi connectivity index (χ0v) is 24.7. The highest BCUT2D eigenvalue weighted by Crippen LogP contribution is 2.30. The molecule has 0 fully saturated rings. The van der Waals surface area contributed by atoms with E-state index in [0.717, 1.165) is 29.1 Å². The Balaban J connectivity index is 2.06. The van der Waals surface area contributed by atoms with Crippen LogP contribution in [0.5, 0.6) is 0 Å². The molecule has 0 spiro atoms. The maximum absolute atomic E-state index is 11.1. The molecule has 2 aromatic rings. The average Bonchev–Trinajstić information content (AvgIpc) is 2.88. The Hall–Kier alpha value is -3.01. The lowest BCUT2D eigenvalue weighted by atomic mass is 10.0. The van der Waals surface area contributed by atoms with Gasteiger partial charge in [-0.25, -0.2) is 8.42 Å². The van der Waals surface area contributed by atoms with Crippen LogP contribution in [0.15, 0.2) is 89.6 Å². The van der Waals surface area contributed by atoms with Gasteiger partial charge in [0.25, 0.3) is 10.1 Å². The third-order valence-electron chi connectivity index (χ3n) is 6.15. The molecular weight excluding hydrogens is 532 g/mol. The lowest BCUT2D eigenvalue weighted by Crippen LogP contribution is -2.23. The highest BCUT2D eigenvalue weighted by atomic mass is 32.2. The first-order chi connectivity index (χ1) is 18.6. The molecule has 0 aliphatic rings. The number of hydrogen-bond acceptors (Lipinski definition) is 6. The van der Waals surface area contributed by atoms with Crippen LogP contribution in [0.2, 0.25) is 0 Å². The highest BCUT2D eigenvalue weighted by molar-refractivity contribution is 7.85. The molecule has 0 bridgehead atoms. The van der Waals surface area contributed by atoms with Gasteiger partial charge in [-0.15, -0.1) is 0 Å². The zero-order chi connectivity index (χ0) is 28.7. The van der Waals surface area contributed by atoms with Crippen LogP contribution in [0, 0.1) is 6.92 Å². The Morgan fingerprint density at radius 2 is 1.67 bits per heavy atom. The number of anilines is 1. The maximum Gasteiger partial charge on any atom is 0.264 e.